The fraction of sp³-hybridized carbons (Fsp3) is 0.273. The highest BCUT2D eigenvalue weighted by Crippen LogP contribution is 2.18. The lowest BCUT2D eigenvalue weighted by atomic mass is 10.1. The molecule has 0 aliphatic heterocycles. The summed E-state index contributed by atoms with van der Waals surface area (Å²) in [5.41, 5.74) is 6.36. The molecule has 0 unspecified atom stereocenters. The van der Waals surface area contributed by atoms with E-state index in [0.717, 1.165) is 4.47 Å². The number of anilines is 1. The Balaban J connectivity index is 0.00000289. The number of rotatable bonds is 4. The summed E-state index contributed by atoms with van der Waals surface area (Å²) in [6.07, 6.45) is 0. The molecule has 0 aliphatic rings. The zero-order valence-electron chi connectivity index (χ0n) is 9.73. The first kappa shape index (κ1) is 16.7. The molecular formula is C11H14BrClN2O3. The third-order valence-corrected chi connectivity index (χ3v) is 2.45. The minimum Gasteiger partial charge on any atom is -0.465 e. The van der Waals surface area contributed by atoms with E-state index >= 15 is 0 Å². The van der Waals surface area contributed by atoms with Gasteiger partial charge in [0.15, 0.2) is 0 Å². The monoisotopic (exact) mass is 336 g/mol. The Bertz CT molecular complexity index is 440. The van der Waals surface area contributed by atoms with Crippen molar-refractivity contribution in [1.82, 2.24) is 5.32 Å². The number of carbonyl (C=O) groups excluding carboxylic acids is 2. The van der Waals surface area contributed by atoms with Crippen molar-refractivity contribution in [2.45, 2.75) is 6.92 Å². The van der Waals surface area contributed by atoms with E-state index in [2.05, 4.69) is 26.0 Å². The Kier molecular flexibility index (Phi) is 7.38. The summed E-state index contributed by atoms with van der Waals surface area (Å²) in [5.74, 6) is -0.875. The molecule has 1 amide bonds. The quantitative estimate of drug-likeness (QED) is 0.648. The van der Waals surface area contributed by atoms with Crippen LogP contribution in [-0.2, 0) is 9.53 Å². The van der Waals surface area contributed by atoms with Crippen LogP contribution in [-0.4, -0.2) is 25.0 Å². The van der Waals surface area contributed by atoms with Crippen molar-refractivity contribution >= 4 is 45.9 Å². The van der Waals surface area contributed by atoms with Crippen LogP contribution in [0.15, 0.2) is 22.7 Å². The lowest BCUT2D eigenvalue weighted by molar-refractivity contribution is -0.141. The van der Waals surface area contributed by atoms with Gasteiger partial charge in [-0.25, -0.2) is 0 Å². The molecular weight excluding hydrogens is 323 g/mol. The first-order valence-corrected chi connectivity index (χ1v) is 5.82. The van der Waals surface area contributed by atoms with Crippen LogP contribution in [0, 0.1) is 0 Å². The van der Waals surface area contributed by atoms with E-state index in [-0.39, 0.29) is 25.6 Å². The van der Waals surface area contributed by atoms with Crippen molar-refractivity contribution in [1.29, 1.82) is 0 Å². The van der Waals surface area contributed by atoms with Gasteiger partial charge in [-0.1, -0.05) is 15.9 Å². The van der Waals surface area contributed by atoms with Gasteiger partial charge < -0.3 is 15.8 Å². The van der Waals surface area contributed by atoms with Crippen LogP contribution in [0.2, 0.25) is 0 Å². The summed E-state index contributed by atoms with van der Waals surface area (Å²) < 4.78 is 5.47. The van der Waals surface area contributed by atoms with Gasteiger partial charge in [0.2, 0.25) is 0 Å². The minimum absolute atomic E-state index is 0. The average molecular weight is 338 g/mol. The number of halogens is 2. The van der Waals surface area contributed by atoms with Gasteiger partial charge in [0.1, 0.15) is 6.54 Å². The Labute approximate surface area is 120 Å². The van der Waals surface area contributed by atoms with E-state index in [1.165, 1.54) is 0 Å². The number of nitrogen functional groups attached to an aromatic ring is 1. The molecule has 0 spiro atoms. The molecule has 100 valence electrons. The lowest BCUT2D eigenvalue weighted by Crippen LogP contribution is -2.31. The third kappa shape index (κ3) is 4.93. The predicted molar refractivity (Wildman–Crippen MR) is 74.8 cm³/mol. The molecule has 7 heteroatoms. The maximum absolute atomic E-state index is 11.7. The van der Waals surface area contributed by atoms with Gasteiger partial charge in [0.05, 0.1) is 12.2 Å². The van der Waals surface area contributed by atoms with Crippen LogP contribution >= 0.6 is 28.3 Å². The van der Waals surface area contributed by atoms with Gasteiger partial charge in [0, 0.05) is 10.2 Å². The van der Waals surface area contributed by atoms with Gasteiger partial charge in [-0.15, -0.1) is 12.4 Å². The Morgan fingerprint density at radius 1 is 1.44 bits per heavy atom. The number of esters is 1. The van der Waals surface area contributed by atoms with Crippen molar-refractivity contribution in [3.05, 3.63) is 28.2 Å². The predicted octanol–water partition coefficient (Wildman–Crippen LogP) is 1.75. The van der Waals surface area contributed by atoms with Crippen molar-refractivity contribution in [3.8, 4) is 0 Å². The Morgan fingerprint density at radius 3 is 2.67 bits per heavy atom. The van der Waals surface area contributed by atoms with Gasteiger partial charge in [-0.05, 0) is 25.1 Å². The standard InChI is InChI=1S/C11H13BrN2O3.ClH/c1-2-17-10(15)6-14-11(16)8-4-3-7(12)5-9(8)13;/h3-5H,2,6,13H2,1H3,(H,14,16);1H. The highest BCUT2D eigenvalue weighted by Gasteiger charge is 2.11. The number of hydrogen-bond donors (Lipinski definition) is 2. The Morgan fingerprint density at radius 2 is 2.11 bits per heavy atom. The minimum atomic E-state index is -0.475. The molecule has 18 heavy (non-hydrogen) atoms. The summed E-state index contributed by atoms with van der Waals surface area (Å²) >= 11 is 3.24. The molecule has 3 N–H and O–H groups in total. The normalized spacial score (nSPS) is 9.22. The number of carbonyl (C=O) groups is 2. The highest BCUT2D eigenvalue weighted by molar-refractivity contribution is 9.10. The molecule has 0 saturated carbocycles. The zero-order valence-corrected chi connectivity index (χ0v) is 12.1. The van der Waals surface area contributed by atoms with E-state index in [0.29, 0.717) is 11.3 Å². The SMILES string of the molecule is CCOC(=O)CNC(=O)c1ccc(Br)cc1N.Cl. The summed E-state index contributed by atoms with van der Waals surface area (Å²) in [7, 11) is 0. The van der Waals surface area contributed by atoms with Crippen molar-refractivity contribution in [2.75, 3.05) is 18.9 Å². The molecule has 0 atom stereocenters. The lowest BCUT2D eigenvalue weighted by Gasteiger charge is -2.07. The maximum Gasteiger partial charge on any atom is 0.325 e. The second kappa shape index (κ2) is 7.94. The number of hydrogen-bond acceptors (Lipinski definition) is 4. The van der Waals surface area contributed by atoms with E-state index in [4.69, 9.17) is 5.73 Å². The molecule has 1 rings (SSSR count). The summed E-state index contributed by atoms with van der Waals surface area (Å²) in [4.78, 5) is 22.7. The summed E-state index contributed by atoms with van der Waals surface area (Å²) in [5, 5.41) is 2.44. The van der Waals surface area contributed by atoms with Crippen LogP contribution in [0.5, 0.6) is 0 Å². The highest BCUT2D eigenvalue weighted by atomic mass is 79.9. The number of amides is 1. The second-order valence-corrected chi connectivity index (χ2v) is 4.13. The molecule has 0 aliphatic carbocycles. The van der Waals surface area contributed by atoms with Gasteiger partial charge in [-0.3, -0.25) is 9.59 Å². The van der Waals surface area contributed by atoms with Crippen LogP contribution in [0.4, 0.5) is 5.69 Å². The third-order valence-electron chi connectivity index (χ3n) is 1.96. The fourth-order valence-corrected chi connectivity index (χ4v) is 1.58. The topological polar surface area (TPSA) is 81.4 Å². The number of benzene rings is 1. The first-order valence-electron chi connectivity index (χ1n) is 5.03. The Hall–Kier alpha value is -1.27. The molecule has 0 heterocycles. The molecule has 0 bridgehead atoms. The van der Waals surface area contributed by atoms with Crippen LogP contribution in [0.1, 0.15) is 17.3 Å². The second-order valence-electron chi connectivity index (χ2n) is 3.22. The number of nitrogens with one attached hydrogen (secondary N) is 1. The van der Waals surface area contributed by atoms with Crippen molar-refractivity contribution < 1.29 is 14.3 Å². The molecule has 0 radical (unpaired) electrons. The molecule has 1 aromatic rings. The largest absolute Gasteiger partial charge is 0.465 e. The molecule has 0 aromatic heterocycles. The first-order chi connectivity index (χ1) is 8.04. The van der Waals surface area contributed by atoms with Crippen LogP contribution in [0.25, 0.3) is 0 Å². The summed E-state index contributed by atoms with van der Waals surface area (Å²) in [6.45, 7) is 1.82. The van der Waals surface area contributed by atoms with E-state index in [1.807, 2.05) is 0 Å². The molecule has 0 saturated heterocycles. The van der Waals surface area contributed by atoms with Gasteiger partial charge in [-0.2, -0.15) is 0 Å². The molecule has 5 nitrogen and oxygen atoms in total. The maximum atomic E-state index is 11.7. The molecule has 0 fully saturated rings. The van der Waals surface area contributed by atoms with Crippen LogP contribution in [0.3, 0.4) is 0 Å². The van der Waals surface area contributed by atoms with Gasteiger partial charge in [0.25, 0.3) is 5.91 Å². The number of ether oxygens (including phenoxy) is 1. The van der Waals surface area contributed by atoms with Crippen LogP contribution < -0.4 is 11.1 Å². The van der Waals surface area contributed by atoms with E-state index in [9.17, 15) is 9.59 Å². The zero-order chi connectivity index (χ0) is 12.8. The van der Waals surface area contributed by atoms with Crippen molar-refractivity contribution in [3.63, 3.8) is 0 Å². The summed E-state index contributed by atoms with van der Waals surface area (Å²) in [6, 6.07) is 4.91. The number of nitrogens with two attached hydrogens (primary N) is 1. The molecule has 1 aromatic carbocycles. The average Bonchev–Trinajstić information content (AvgIpc) is 2.26. The van der Waals surface area contributed by atoms with E-state index < -0.39 is 11.9 Å². The fourth-order valence-electron chi connectivity index (χ4n) is 1.20. The van der Waals surface area contributed by atoms with E-state index in [1.54, 1.807) is 25.1 Å². The van der Waals surface area contributed by atoms with Crippen molar-refractivity contribution in [2.24, 2.45) is 0 Å². The smallest absolute Gasteiger partial charge is 0.325 e. The van der Waals surface area contributed by atoms with Gasteiger partial charge >= 0.3 is 5.97 Å².